The van der Waals surface area contributed by atoms with Crippen molar-refractivity contribution in [2.45, 2.75) is 0 Å². The van der Waals surface area contributed by atoms with Gasteiger partial charge in [-0.3, -0.25) is 0 Å². The van der Waals surface area contributed by atoms with E-state index in [1.54, 1.807) is 12.1 Å². The topological polar surface area (TPSA) is 50.4 Å². The van der Waals surface area contributed by atoms with E-state index in [0.717, 1.165) is 21.9 Å². The van der Waals surface area contributed by atoms with Crippen molar-refractivity contribution >= 4 is 39.3 Å². The van der Waals surface area contributed by atoms with Gasteiger partial charge in [0, 0.05) is 10.8 Å². The normalized spacial score (nSPS) is 11.2. The Kier molecular flexibility index (Phi) is 3.28. The first kappa shape index (κ1) is 14.7. The van der Waals surface area contributed by atoms with Crippen LogP contribution in [-0.4, -0.2) is 11.1 Å². The molecule has 0 bridgehead atoms. The van der Waals surface area contributed by atoms with Gasteiger partial charge in [0.25, 0.3) is 0 Å². The maximum Gasteiger partial charge on any atom is 0.371 e. The number of aromatic carboxylic acids is 1. The molecule has 5 heteroatoms. The van der Waals surface area contributed by atoms with Crippen LogP contribution in [0.1, 0.15) is 10.6 Å². The lowest BCUT2D eigenvalue weighted by Crippen LogP contribution is -1.91. The van der Waals surface area contributed by atoms with Crippen molar-refractivity contribution in [3.05, 3.63) is 71.2 Å². The molecule has 0 atom stereocenters. The first-order valence-electron chi connectivity index (χ1n) is 7.18. The van der Waals surface area contributed by atoms with E-state index in [1.165, 1.54) is 12.1 Å². The van der Waals surface area contributed by atoms with Gasteiger partial charge in [0.15, 0.2) is 0 Å². The van der Waals surface area contributed by atoms with Crippen LogP contribution in [0, 0.1) is 5.82 Å². The molecular formula is C19H10ClFO3. The minimum atomic E-state index is -1.12. The number of benzene rings is 3. The van der Waals surface area contributed by atoms with Crippen molar-refractivity contribution in [2.24, 2.45) is 0 Å². The zero-order valence-electron chi connectivity index (χ0n) is 12.2. The summed E-state index contributed by atoms with van der Waals surface area (Å²) in [5.41, 5.74) is 2.09. The van der Waals surface area contributed by atoms with Gasteiger partial charge in [0.1, 0.15) is 11.4 Å². The van der Waals surface area contributed by atoms with Crippen LogP contribution in [0.3, 0.4) is 0 Å². The molecule has 118 valence electrons. The Morgan fingerprint density at radius 3 is 2.50 bits per heavy atom. The van der Waals surface area contributed by atoms with Crippen LogP contribution in [0.2, 0.25) is 5.02 Å². The van der Waals surface area contributed by atoms with Crippen LogP contribution < -0.4 is 0 Å². The SMILES string of the molecule is O=C(O)c1cc2cc(-c3ccc(F)c(Cl)c3)c3ccccc3c2o1. The Balaban J connectivity index is 2.10. The molecule has 0 unspecified atom stereocenters. The number of fused-ring (bicyclic) bond motifs is 3. The molecule has 1 N–H and O–H groups in total. The first-order chi connectivity index (χ1) is 11.5. The molecule has 0 fully saturated rings. The lowest BCUT2D eigenvalue weighted by Gasteiger charge is -2.08. The van der Waals surface area contributed by atoms with Gasteiger partial charge in [-0.15, -0.1) is 0 Å². The third-order valence-corrected chi connectivity index (χ3v) is 4.25. The van der Waals surface area contributed by atoms with Crippen molar-refractivity contribution in [1.82, 2.24) is 0 Å². The standard InChI is InChI=1S/C19H10ClFO3/c20-15-8-10(5-6-16(15)21)14-7-11-9-17(19(22)23)24-18(11)13-4-2-1-3-12(13)14/h1-9H,(H,22,23). The van der Waals surface area contributed by atoms with E-state index in [0.29, 0.717) is 11.0 Å². The summed E-state index contributed by atoms with van der Waals surface area (Å²) >= 11 is 5.91. The molecule has 0 spiro atoms. The van der Waals surface area contributed by atoms with Crippen LogP contribution >= 0.6 is 11.6 Å². The van der Waals surface area contributed by atoms with E-state index in [1.807, 2.05) is 30.3 Å². The zero-order valence-corrected chi connectivity index (χ0v) is 13.0. The van der Waals surface area contributed by atoms with Gasteiger partial charge >= 0.3 is 5.97 Å². The number of hydrogen-bond acceptors (Lipinski definition) is 2. The summed E-state index contributed by atoms with van der Waals surface area (Å²) in [6.07, 6.45) is 0. The monoisotopic (exact) mass is 340 g/mol. The number of hydrogen-bond donors (Lipinski definition) is 1. The summed E-state index contributed by atoms with van der Waals surface area (Å²) in [5, 5.41) is 11.5. The van der Waals surface area contributed by atoms with E-state index in [-0.39, 0.29) is 10.8 Å². The predicted molar refractivity (Wildman–Crippen MR) is 91.1 cm³/mol. The summed E-state index contributed by atoms with van der Waals surface area (Å²) in [4.78, 5) is 11.2. The van der Waals surface area contributed by atoms with Crippen molar-refractivity contribution in [1.29, 1.82) is 0 Å². The Labute approximate surface area is 140 Å². The van der Waals surface area contributed by atoms with Gasteiger partial charge in [-0.2, -0.15) is 0 Å². The molecule has 0 aliphatic heterocycles. The Hall–Kier alpha value is -2.85. The van der Waals surface area contributed by atoms with E-state index < -0.39 is 11.8 Å². The average Bonchev–Trinajstić information content (AvgIpc) is 3.01. The molecule has 4 rings (SSSR count). The van der Waals surface area contributed by atoms with Crippen molar-refractivity contribution < 1.29 is 18.7 Å². The molecule has 0 saturated heterocycles. The highest BCUT2D eigenvalue weighted by Gasteiger charge is 2.16. The molecule has 3 nitrogen and oxygen atoms in total. The highest BCUT2D eigenvalue weighted by Crippen LogP contribution is 2.37. The molecule has 24 heavy (non-hydrogen) atoms. The largest absolute Gasteiger partial charge is 0.475 e. The second-order valence-corrected chi connectivity index (χ2v) is 5.84. The second kappa shape index (κ2) is 5.35. The average molecular weight is 341 g/mol. The number of carbonyl (C=O) groups is 1. The van der Waals surface area contributed by atoms with Crippen molar-refractivity contribution in [3.8, 4) is 11.1 Å². The highest BCUT2D eigenvalue weighted by molar-refractivity contribution is 6.31. The number of carboxylic acids is 1. The fourth-order valence-electron chi connectivity index (χ4n) is 2.88. The summed E-state index contributed by atoms with van der Waals surface area (Å²) in [6, 6.07) is 15.3. The summed E-state index contributed by atoms with van der Waals surface area (Å²) in [7, 11) is 0. The van der Waals surface area contributed by atoms with E-state index in [4.69, 9.17) is 21.1 Å². The Morgan fingerprint density at radius 1 is 1.04 bits per heavy atom. The van der Waals surface area contributed by atoms with Gasteiger partial charge in [0.2, 0.25) is 5.76 Å². The van der Waals surface area contributed by atoms with Crippen LogP contribution in [0.5, 0.6) is 0 Å². The highest BCUT2D eigenvalue weighted by atomic mass is 35.5. The number of halogens is 2. The smallest absolute Gasteiger partial charge is 0.371 e. The van der Waals surface area contributed by atoms with Crippen LogP contribution in [0.15, 0.2) is 59.0 Å². The fraction of sp³-hybridized carbons (Fsp3) is 0. The molecule has 0 saturated carbocycles. The molecule has 3 aromatic carbocycles. The maximum atomic E-state index is 13.5. The van der Waals surface area contributed by atoms with Gasteiger partial charge in [-0.1, -0.05) is 41.9 Å². The number of furan rings is 1. The van der Waals surface area contributed by atoms with E-state index in [2.05, 4.69) is 0 Å². The first-order valence-corrected chi connectivity index (χ1v) is 7.56. The molecule has 0 aliphatic carbocycles. The van der Waals surface area contributed by atoms with Crippen LogP contribution in [0.4, 0.5) is 4.39 Å². The van der Waals surface area contributed by atoms with Crippen LogP contribution in [-0.2, 0) is 0 Å². The van der Waals surface area contributed by atoms with E-state index in [9.17, 15) is 9.18 Å². The van der Waals surface area contributed by atoms with Gasteiger partial charge < -0.3 is 9.52 Å². The molecule has 1 heterocycles. The molecule has 1 aromatic heterocycles. The maximum absolute atomic E-state index is 13.5. The van der Waals surface area contributed by atoms with E-state index >= 15 is 0 Å². The minimum absolute atomic E-state index is 0.0371. The Morgan fingerprint density at radius 2 is 1.79 bits per heavy atom. The molecule has 4 aromatic rings. The molecular weight excluding hydrogens is 331 g/mol. The summed E-state index contributed by atoms with van der Waals surface area (Å²) in [6.45, 7) is 0. The predicted octanol–water partition coefficient (Wildman–Crippen LogP) is 5.74. The lowest BCUT2D eigenvalue weighted by molar-refractivity contribution is 0.0665. The fourth-order valence-corrected chi connectivity index (χ4v) is 3.06. The van der Waals surface area contributed by atoms with Gasteiger partial charge in [-0.25, -0.2) is 9.18 Å². The number of rotatable bonds is 2. The lowest BCUT2D eigenvalue weighted by atomic mass is 9.96. The second-order valence-electron chi connectivity index (χ2n) is 5.43. The summed E-state index contributed by atoms with van der Waals surface area (Å²) < 4.78 is 19.0. The minimum Gasteiger partial charge on any atom is -0.475 e. The zero-order chi connectivity index (χ0) is 16.8. The molecule has 0 amide bonds. The van der Waals surface area contributed by atoms with Gasteiger partial charge in [0.05, 0.1) is 5.02 Å². The Bertz CT molecular complexity index is 1110. The molecule has 0 radical (unpaired) electrons. The van der Waals surface area contributed by atoms with Crippen LogP contribution in [0.25, 0.3) is 32.9 Å². The quantitative estimate of drug-likeness (QED) is 0.506. The van der Waals surface area contributed by atoms with Crippen molar-refractivity contribution in [2.75, 3.05) is 0 Å². The third-order valence-electron chi connectivity index (χ3n) is 3.96. The van der Waals surface area contributed by atoms with Crippen molar-refractivity contribution in [3.63, 3.8) is 0 Å². The summed E-state index contributed by atoms with van der Waals surface area (Å²) in [5.74, 6) is -1.73. The number of carboxylic acid groups (broad SMARTS) is 1. The van der Waals surface area contributed by atoms with Gasteiger partial charge in [-0.05, 0) is 40.8 Å². The molecule has 0 aliphatic rings. The third kappa shape index (κ3) is 2.23.